The quantitative estimate of drug-likeness (QED) is 0.882. The minimum atomic E-state index is -3.80. The van der Waals surface area contributed by atoms with E-state index in [2.05, 4.69) is 10.0 Å². The fraction of sp³-hybridized carbons (Fsp3) is 0.455. The van der Waals surface area contributed by atoms with Crippen molar-refractivity contribution in [2.45, 2.75) is 10.9 Å². The van der Waals surface area contributed by atoms with Gasteiger partial charge in [0.1, 0.15) is 10.7 Å². The van der Waals surface area contributed by atoms with E-state index >= 15 is 0 Å². The Bertz CT molecular complexity index is 586. The molecule has 3 rings (SSSR count). The van der Waals surface area contributed by atoms with Crippen molar-refractivity contribution in [2.75, 3.05) is 13.1 Å². The van der Waals surface area contributed by atoms with Crippen LogP contribution in [-0.2, 0) is 10.0 Å². The monoisotopic (exact) mass is 326 g/mol. The molecule has 0 bridgehead atoms. The van der Waals surface area contributed by atoms with Crippen LogP contribution in [0.25, 0.3) is 0 Å². The Hall–Kier alpha value is -0.400. The molecule has 2 atom stereocenters. The summed E-state index contributed by atoms with van der Waals surface area (Å²) in [5.74, 6) is -0.135. The molecule has 0 aromatic heterocycles. The molecule has 2 unspecified atom stereocenters. The highest BCUT2D eigenvalue weighted by Crippen LogP contribution is 2.42. The van der Waals surface area contributed by atoms with Crippen molar-refractivity contribution in [2.24, 2.45) is 11.8 Å². The second-order valence-electron chi connectivity index (χ2n) is 4.71. The predicted molar refractivity (Wildman–Crippen MR) is 72.6 cm³/mol. The number of piperidine rings is 1. The van der Waals surface area contributed by atoms with E-state index in [0.29, 0.717) is 11.8 Å². The summed E-state index contributed by atoms with van der Waals surface area (Å²) >= 11 is 5.60. The lowest BCUT2D eigenvalue weighted by molar-refractivity contribution is 0.547. The largest absolute Gasteiger partial charge is 0.316 e. The van der Waals surface area contributed by atoms with E-state index < -0.39 is 15.8 Å². The molecule has 1 saturated heterocycles. The van der Waals surface area contributed by atoms with Gasteiger partial charge in [0.2, 0.25) is 10.0 Å². The molecular formula is C11H13Cl2FN2O2S. The summed E-state index contributed by atoms with van der Waals surface area (Å²) in [7, 11) is -3.80. The second-order valence-corrected chi connectivity index (χ2v) is 6.83. The molecule has 0 radical (unpaired) electrons. The van der Waals surface area contributed by atoms with Gasteiger partial charge in [0.05, 0.1) is 0 Å². The van der Waals surface area contributed by atoms with Crippen LogP contribution in [0.3, 0.4) is 0 Å². The standard InChI is InChI=1S/C11H12ClFN2O2S.ClH/c12-6-1-2-10(9(13)3-6)18(16,17)15-11-7-4-14-5-8(7)11;/h1-3,7-8,11,14-15H,4-5H2;1H. The van der Waals surface area contributed by atoms with Gasteiger partial charge in [0.25, 0.3) is 0 Å². The number of benzene rings is 1. The maximum absolute atomic E-state index is 13.6. The topological polar surface area (TPSA) is 58.2 Å². The van der Waals surface area contributed by atoms with E-state index in [4.69, 9.17) is 11.6 Å². The summed E-state index contributed by atoms with van der Waals surface area (Å²) in [4.78, 5) is -0.343. The third kappa shape index (κ3) is 2.73. The average molecular weight is 327 g/mol. The molecule has 1 aromatic carbocycles. The summed E-state index contributed by atoms with van der Waals surface area (Å²) in [6.45, 7) is 1.64. The van der Waals surface area contributed by atoms with Crippen molar-refractivity contribution < 1.29 is 12.8 Å². The Morgan fingerprint density at radius 2 is 1.95 bits per heavy atom. The van der Waals surface area contributed by atoms with Crippen LogP contribution in [0.1, 0.15) is 0 Å². The summed E-state index contributed by atoms with van der Waals surface area (Å²) in [5.41, 5.74) is 0. The van der Waals surface area contributed by atoms with Crippen molar-refractivity contribution in [3.05, 3.63) is 29.0 Å². The zero-order chi connectivity index (χ0) is 12.9. The SMILES string of the molecule is Cl.O=S(=O)(NC1C2CNCC21)c1ccc(Cl)cc1F. The van der Waals surface area contributed by atoms with Crippen molar-refractivity contribution in [1.82, 2.24) is 10.0 Å². The molecular weight excluding hydrogens is 314 g/mol. The molecule has 1 saturated carbocycles. The first kappa shape index (κ1) is 15.0. The highest BCUT2D eigenvalue weighted by atomic mass is 35.5. The molecule has 2 aliphatic rings. The van der Waals surface area contributed by atoms with Crippen molar-refractivity contribution in [3.63, 3.8) is 0 Å². The minimum Gasteiger partial charge on any atom is -0.316 e. The molecule has 106 valence electrons. The molecule has 1 aromatic rings. The predicted octanol–water partition coefficient (Wildman–Crippen LogP) is 1.40. The smallest absolute Gasteiger partial charge is 0.243 e. The van der Waals surface area contributed by atoms with Gasteiger partial charge in [-0.2, -0.15) is 0 Å². The first-order valence-corrected chi connectivity index (χ1v) is 7.53. The summed E-state index contributed by atoms with van der Waals surface area (Å²) in [6, 6.07) is 3.50. The van der Waals surface area contributed by atoms with E-state index in [1.807, 2.05) is 0 Å². The second kappa shape index (κ2) is 5.18. The number of halogens is 3. The lowest BCUT2D eigenvalue weighted by Gasteiger charge is -2.09. The lowest BCUT2D eigenvalue weighted by atomic mass is 10.3. The van der Waals surface area contributed by atoms with E-state index in [9.17, 15) is 12.8 Å². The Morgan fingerprint density at radius 3 is 2.53 bits per heavy atom. The molecule has 8 heteroatoms. The number of hydrogen-bond acceptors (Lipinski definition) is 3. The molecule has 19 heavy (non-hydrogen) atoms. The van der Waals surface area contributed by atoms with Gasteiger partial charge in [-0.3, -0.25) is 0 Å². The molecule has 0 amide bonds. The maximum Gasteiger partial charge on any atom is 0.243 e. The van der Waals surface area contributed by atoms with Gasteiger partial charge < -0.3 is 5.32 Å². The van der Waals surface area contributed by atoms with Crippen LogP contribution in [-0.4, -0.2) is 27.5 Å². The van der Waals surface area contributed by atoms with Crippen LogP contribution in [0, 0.1) is 17.7 Å². The van der Waals surface area contributed by atoms with E-state index in [0.717, 1.165) is 19.2 Å². The number of nitrogens with one attached hydrogen (secondary N) is 2. The molecule has 1 aliphatic carbocycles. The number of fused-ring (bicyclic) bond motifs is 1. The highest BCUT2D eigenvalue weighted by molar-refractivity contribution is 7.89. The molecule has 1 aliphatic heterocycles. The van der Waals surface area contributed by atoms with Gasteiger partial charge in [-0.25, -0.2) is 17.5 Å². The summed E-state index contributed by atoms with van der Waals surface area (Å²) in [5, 5.41) is 3.35. The first-order chi connectivity index (χ1) is 8.49. The van der Waals surface area contributed by atoms with Crippen LogP contribution < -0.4 is 10.0 Å². The average Bonchev–Trinajstić information content (AvgIpc) is 2.74. The van der Waals surface area contributed by atoms with Gasteiger partial charge in [0, 0.05) is 11.1 Å². The van der Waals surface area contributed by atoms with Crippen molar-refractivity contribution >= 4 is 34.0 Å². The van der Waals surface area contributed by atoms with Crippen LogP contribution in [0.5, 0.6) is 0 Å². The fourth-order valence-corrected chi connectivity index (χ4v) is 4.09. The van der Waals surface area contributed by atoms with Gasteiger partial charge in [-0.15, -0.1) is 12.4 Å². The number of hydrogen-bond donors (Lipinski definition) is 2. The van der Waals surface area contributed by atoms with Crippen molar-refractivity contribution in [3.8, 4) is 0 Å². The van der Waals surface area contributed by atoms with Gasteiger partial charge in [0.15, 0.2) is 0 Å². The normalized spacial score (nSPS) is 28.6. The van der Waals surface area contributed by atoms with E-state index in [1.165, 1.54) is 12.1 Å². The van der Waals surface area contributed by atoms with Gasteiger partial charge in [-0.1, -0.05) is 11.6 Å². The Morgan fingerprint density at radius 1 is 1.32 bits per heavy atom. The molecule has 4 nitrogen and oxygen atoms in total. The fourth-order valence-electron chi connectivity index (χ4n) is 2.53. The molecule has 1 heterocycles. The zero-order valence-electron chi connectivity index (χ0n) is 9.77. The van der Waals surface area contributed by atoms with Crippen LogP contribution in [0.2, 0.25) is 5.02 Å². The Labute approximate surface area is 122 Å². The first-order valence-electron chi connectivity index (χ1n) is 5.67. The Balaban J connectivity index is 0.00000133. The van der Waals surface area contributed by atoms with Gasteiger partial charge in [-0.05, 0) is 43.1 Å². The van der Waals surface area contributed by atoms with Crippen LogP contribution >= 0.6 is 24.0 Å². The van der Waals surface area contributed by atoms with E-state index in [-0.39, 0.29) is 28.4 Å². The third-order valence-electron chi connectivity index (χ3n) is 3.57. The molecule has 2 fully saturated rings. The van der Waals surface area contributed by atoms with E-state index in [1.54, 1.807) is 0 Å². The summed E-state index contributed by atoms with van der Waals surface area (Å²) < 4.78 is 40.2. The zero-order valence-corrected chi connectivity index (χ0v) is 12.2. The summed E-state index contributed by atoms with van der Waals surface area (Å²) in [6.07, 6.45) is 0. The highest BCUT2D eigenvalue weighted by Gasteiger charge is 2.54. The van der Waals surface area contributed by atoms with Crippen LogP contribution in [0.4, 0.5) is 4.39 Å². The number of sulfonamides is 1. The van der Waals surface area contributed by atoms with Crippen LogP contribution in [0.15, 0.2) is 23.1 Å². The Kier molecular flexibility index (Phi) is 4.09. The number of rotatable bonds is 3. The van der Waals surface area contributed by atoms with Crippen molar-refractivity contribution in [1.29, 1.82) is 0 Å². The molecule has 0 spiro atoms. The minimum absolute atomic E-state index is 0. The third-order valence-corrected chi connectivity index (χ3v) is 5.29. The lowest BCUT2D eigenvalue weighted by Crippen LogP contribution is -2.33. The van der Waals surface area contributed by atoms with Gasteiger partial charge >= 0.3 is 0 Å². The molecule has 2 N–H and O–H groups in total. The maximum atomic E-state index is 13.6.